The summed E-state index contributed by atoms with van der Waals surface area (Å²) in [6.45, 7) is 5.09. The van der Waals surface area contributed by atoms with E-state index in [0.717, 1.165) is 31.2 Å². The Hall–Kier alpha value is -0.350. The van der Waals surface area contributed by atoms with Crippen molar-refractivity contribution in [2.24, 2.45) is 0 Å². The van der Waals surface area contributed by atoms with E-state index in [1.807, 2.05) is 0 Å². The number of likely N-dealkylation sites (tertiary alicyclic amines) is 1. The number of thiocarbonyl (C=S) groups is 1. The Balaban J connectivity index is 2.35. The lowest BCUT2D eigenvalue weighted by Crippen LogP contribution is -2.45. The predicted octanol–water partition coefficient (Wildman–Crippen LogP) is 2.55. The molecule has 0 bridgehead atoms. The molecule has 1 unspecified atom stereocenters. The van der Waals surface area contributed by atoms with Crippen LogP contribution in [0.3, 0.4) is 0 Å². The Kier molecular flexibility index (Phi) is 7.53. The maximum absolute atomic E-state index is 5.50. The van der Waals surface area contributed by atoms with Crippen LogP contribution in [-0.2, 0) is 4.74 Å². The van der Waals surface area contributed by atoms with Crippen LogP contribution in [0.1, 0.15) is 45.4 Å². The van der Waals surface area contributed by atoms with Crippen LogP contribution in [0.25, 0.3) is 0 Å². The minimum atomic E-state index is 0.639. The molecule has 0 aromatic rings. The normalized spacial score (nSPS) is 21.1. The molecule has 1 saturated heterocycles. The van der Waals surface area contributed by atoms with E-state index in [1.165, 1.54) is 32.1 Å². The Morgan fingerprint density at radius 1 is 1.41 bits per heavy atom. The van der Waals surface area contributed by atoms with Crippen molar-refractivity contribution < 1.29 is 4.74 Å². The molecule has 1 fully saturated rings. The lowest BCUT2D eigenvalue weighted by Gasteiger charge is -2.32. The summed E-state index contributed by atoms with van der Waals surface area (Å²) in [4.78, 5) is 2.40. The van der Waals surface area contributed by atoms with Crippen molar-refractivity contribution in [2.75, 3.05) is 26.8 Å². The molecule has 4 heteroatoms. The second-order valence-corrected chi connectivity index (χ2v) is 5.07. The number of hydrogen-bond acceptors (Lipinski definition) is 2. The third-order valence-corrected chi connectivity index (χ3v) is 3.79. The molecule has 0 saturated carbocycles. The zero-order chi connectivity index (χ0) is 12.5. The molecule has 0 radical (unpaired) electrons. The summed E-state index contributed by atoms with van der Waals surface area (Å²) < 4.78 is 5.03. The lowest BCUT2D eigenvalue weighted by atomic mass is 10.1. The van der Waals surface area contributed by atoms with Gasteiger partial charge < -0.3 is 15.0 Å². The van der Waals surface area contributed by atoms with Crippen LogP contribution in [-0.4, -0.2) is 42.9 Å². The average Bonchev–Trinajstić information content (AvgIpc) is 2.59. The van der Waals surface area contributed by atoms with Gasteiger partial charge in [0.25, 0.3) is 0 Å². The largest absolute Gasteiger partial charge is 0.385 e. The predicted molar refractivity (Wildman–Crippen MR) is 76.3 cm³/mol. The van der Waals surface area contributed by atoms with Gasteiger partial charge in [0, 0.05) is 32.8 Å². The van der Waals surface area contributed by atoms with Crippen molar-refractivity contribution in [3.05, 3.63) is 0 Å². The first-order valence-electron chi connectivity index (χ1n) is 6.83. The van der Waals surface area contributed by atoms with Gasteiger partial charge >= 0.3 is 0 Å². The summed E-state index contributed by atoms with van der Waals surface area (Å²) in [6.07, 6.45) is 7.47. The van der Waals surface area contributed by atoms with Crippen LogP contribution in [0, 0.1) is 0 Å². The van der Waals surface area contributed by atoms with E-state index in [-0.39, 0.29) is 0 Å². The highest BCUT2D eigenvalue weighted by Crippen LogP contribution is 2.19. The molecule has 1 aliphatic heterocycles. The highest BCUT2D eigenvalue weighted by molar-refractivity contribution is 7.80. The van der Waals surface area contributed by atoms with Crippen LogP contribution in [0.15, 0.2) is 0 Å². The van der Waals surface area contributed by atoms with Crippen molar-refractivity contribution in [1.82, 2.24) is 10.2 Å². The highest BCUT2D eigenvalue weighted by atomic mass is 32.1. The maximum Gasteiger partial charge on any atom is 0.169 e. The van der Waals surface area contributed by atoms with E-state index in [1.54, 1.807) is 7.11 Å². The minimum Gasteiger partial charge on any atom is -0.385 e. The second-order valence-electron chi connectivity index (χ2n) is 4.68. The van der Waals surface area contributed by atoms with Gasteiger partial charge in [0.1, 0.15) is 0 Å². The quantitative estimate of drug-likeness (QED) is 0.605. The first-order chi connectivity index (χ1) is 8.29. The van der Waals surface area contributed by atoms with Crippen molar-refractivity contribution in [3.8, 4) is 0 Å². The number of ether oxygens (including phenoxy) is 1. The van der Waals surface area contributed by atoms with Crippen LogP contribution >= 0.6 is 12.2 Å². The van der Waals surface area contributed by atoms with Gasteiger partial charge in [-0.15, -0.1) is 0 Å². The molecule has 17 heavy (non-hydrogen) atoms. The Labute approximate surface area is 111 Å². The first kappa shape index (κ1) is 14.7. The van der Waals surface area contributed by atoms with Crippen LogP contribution in [0.4, 0.5) is 0 Å². The summed E-state index contributed by atoms with van der Waals surface area (Å²) in [6, 6.07) is 0.639. The van der Waals surface area contributed by atoms with E-state index in [9.17, 15) is 0 Å². The fourth-order valence-corrected chi connectivity index (χ4v) is 2.72. The topological polar surface area (TPSA) is 24.5 Å². The molecule has 1 heterocycles. The summed E-state index contributed by atoms with van der Waals surface area (Å²) in [5.41, 5.74) is 0. The van der Waals surface area contributed by atoms with E-state index in [4.69, 9.17) is 17.0 Å². The summed E-state index contributed by atoms with van der Waals surface area (Å²) in [5.74, 6) is 0. The van der Waals surface area contributed by atoms with Gasteiger partial charge in [-0.3, -0.25) is 0 Å². The summed E-state index contributed by atoms with van der Waals surface area (Å²) >= 11 is 5.50. The Bertz CT molecular complexity index is 223. The van der Waals surface area contributed by atoms with Crippen molar-refractivity contribution in [3.63, 3.8) is 0 Å². The SMILES string of the molecule is CCC1CCCCCN1C(=S)NCCCOC. The standard InChI is InChI=1S/C13H26N2OS/c1-3-12-8-5-4-6-10-15(12)13(17)14-9-7-11-16-2/h12H,3-11H2,1-2H3,(H,14,17). The summed E-state index contributed by atoms with van der Waals surface area (Å²) in [7, 11) is 1.74. The van der Waals surface area contributed by atoms with Gasteiger partial charge in [0.05, 0.1) is 0 Å². The second kappa shape index (κ2) is 8.70. The molecule has 0 amide bonds. The Morgan fingerprint density at radius 3 is 2.94 bits per heavy atom. The first-order valence-corrected chi connectivity index (χ1v) is 7.23. The zero-order valence-electron chi connectivity index (χ0n) is 11.2. The fraction of sp³-hybridized carbons (Fsp3) is 0.923. The molecule has 1 aliphatic rings. The van der Waals surface area contributed by atoms with Gasteiger partial charge in [0.15, 0.2) is 5.11 Å². The molecule has 0 aromatic carbocycles. The number of methoxy groups -OCH3 is 1. The van der Waals surface area contributed by atoms with E-state index < -0.39 is 0 Å². The summed E-state index contributed by atoms with van der Waals surface area (Å²) in [5, 5.41) is 4.30. The molecule has 0 aliphatic carbocycles. The number of nitrogens with one attached hydrogen (secondary N) is 1. The smallest absolute Gasteiger partial charge is 0.169 e. The van der Waals surface area contributed by atoms with Crippen molar-refractivity contribution in [1.29, 1.82) is 0 Å². The number of nitrogens with zero attached hydrogens (tertiary/aromatic N) is 1. The van der Waals surface area contributed by atoms with E-state index in [0.29, 0.717) is 6.04 Å². The average molecular weight is 258 g/mol. The molecule has 1 rings (SSSR count). The molecular weight excluding hydrogens is 232 g/mol. The minimum absolute atomic E-state index is 0.639. The Morgan fingerprint density at radius 2 is 2.24 bits per heavy atom. The monoisotopic (exact) mass is 258 g/mol. The van der Waals surface area contributed by atoms with E-state index >= 15 is 0 Å². The van der Waals surface area contributed by atoms with Crippen LogP contribution in [0.2, 0.25) is 0 Å². The molecule has 100 valence electrons. The molecule has 1 atom stereocenters. The fourth-order valence-electron chi connectivity index (χ4n) is 2.38. The van der Waals surface area contributed by atoms with E-state index in [2.05, 4.69) is 17.1 Å². The molecule has 0 aromatic heterocycles. The molecule has 1 N–H and O–H groups in total. The number of rotatable bonds is 5. The molecular formula is C13H26N2OS. The lowest BCUT2D eigenvalue weighted by molar-refractivity contribution is 0.195. The molecule has 3 nitrogen and oxygen atoms in total. The van der Waals surface area contributed by atoms with Gasteiger partial charge in [-0.25, -0.2) is 0 Å². The highest BCUT2D eigenvalue weighted by Gasteiger charge is 2.21. The van der Waals surface area contributed by atoms with Crippen molar-refractivity contribution in [2.45, 2.75) is 51.5 Å². The van der Waals surface area contributed by atoms with Gasteiger partial charge in [0.2, 0.25) is 0 Å². The zero-order valence-corrected chi connectivity index (χ0v) is 12.0. The molecule has 0 spiro atoms. The number of hydrogen-bond donors (Lipinski definition) is 1. The van der Waals surface area contributed by atoms with Crippen molar-refractivity contribution >= 4 is 17.3 Å². The van der Waals surface area contributed by atoms with Crippen LogP contribution < -0.4 is 5.32 Å². The third kappa shape index (κ3) is 5.21. The van der Waals surface area contributed by atoms with Gasteiger partial charge in [-0.1, -0.05) is 19.8 Å². The maximum atomic E-state index is 5.50. The van der Waals surface area contributed by atoms with Crippen LogP contribution in [0.5, 0.6) is 0 Å². The van der Waals surface area contributed by atoms with Gasteiger partial charge in [-0.2, -0.15) is 0 Å². The third-order valence-electron chi connectivity index (χ3n) is 3.41. The van der Waals surface area contributed by atoms with Gasteiger partial charge in [-0.05, 0) is 37.9 Å².